The van der Waals surface area contributed by atoms with Crippen molar-refractivity contribution in [2.75, 3.05) is 4.90 Å². The van der Waals surface area contributed by atoms with Crippen LogP contribution in [0.25, 0.3) is 6.08 Å². The number of phenols is 1. The second-order valence-electron chi connectivity index (χ2n) is 5.67. The monoisotopic (exact) mass is 424 g/mol. The van der Waals surface area contributed by atoms with Gasteiger partial charge in [0.25, 0.3) is 11.8 Å². The quantitative estimate of drug-likeness (QED) is 0.554. The van der Waals surface area contributed by atoms with E-state index in [2.05, 4.69) is 5.32 Å². The molecule has 2 aromatic carbocycles. The van der Waals surface area contributed by atoms with E-state index in [-0.39, 0.29) is 32.6 Å². The number of halogens is 3. The molecule has 0 aromatic heterocycles. The lowest BCUT2D eigenvalue weighted by Gasteiger charge is -2.27. The maximum atomic E-state index is 12.9. The smallest absolute Gasteiger partial charge is 0.335 e. The average molecular weight is 426 g/mol. The summed E-state index contributed by atoms with van der Waals surface area (Å²) in [5.74, 6) is -2.13. The third kappa shape index (κ3) is 3.51. The molecule has 4 amide bonds. The van der Waals surface area contributed by atoms with Crippen LogP contribution in [-0.2, 0) is 9.59 Å². The predicted molar refractivity (Wildman–Crippen MR) is 103 cm³/mol. The molecule has 1 aliphatic rings. The maximum Gasteiger partial charge on any atom is 0.335 e. The molecule has 0 radical (unpaired) electrons. The summed E-state index contributed by atoms with van der Waals surface area (Å²) in [4.78, 5) is 38.2. The number of imide groups is 2. The van der Waals surface area contributed by atoms with E-state index in [9.17, 15) is 19.5 Å². The van der Waals surface area contributed by atoms with Crippen molar-refractivity contribution in [3.63, 3.8) is 0 Å². The Kier molecular flexibility index (Phi) is 5.15. The van der Waals surface area contributed by atoms with Crippen LogP contribution in [0.15, 0.2) is 35.9 Å². The van der Waals surface area contributed by atoms with Gasteiger partial charge in [0, 0.05) is 15.6 Å². The Morgan fingerprint density at radius 2 is 1.78 bits per heavy atom. The molecular weight excluding hydrogens is 415 g/mol. The number of amides is 4. The van der Waals surface area contributed by atoms with Gasteiger partial charge >= 0.3 is 6.03 Å². The van der Waals surface area contributed by atoms with Crippen molar-refractivity contribution in [2.24, 2.45) is 0 Å². The normalized spacial score (nSPS) is 16.1. The van der Waals surface area contributed by atoms with E-state index in [1.807, 2.05) is 0 Å². The van der Waals surface area contributed by atoms with Crippen molar-refractivity contribution < 1.29 is 19.5 Å². The van der Waals surface area contributed by atoms with Crippen molar-refractivity contribution >= 4 is 64.4 Å². The highest BCUT2D eigenvalue weighted by molar-refractivity contribution is 6.40. The number of carbonyl (C=O) groups is 3. The Hall–Kier alpha value is -2.54. The van der Waals surface area contributed by atoms with Gasteiger partial charge in [-0.25, -0.2) is 9.69 Å². The van der Waals surface area contributed by atoms with Crippen LogP contribution in [0, 0.1) is 6.92 Å². The molecular formula is C18H11Cl3N2O4. The van der Waals surface area contributed by atoms with Crippen LogP contribution >= 0.6 is 34.8 Å². The maximum absolute atomic E-state index is 12.9. The number of aromatic hydroxyl groups is 1. The molecule has 3 rings (SSSR count). The lowest BCUT2D eigenvalue weighted by Crippen LogP contribution is -2.54. The molecule has 1 heterocycles. The number of anilines is 1. The molecule has 0 bridgehead atoms. The van der Waals surface area contributed by atoms with Gasteiger partial charge < -0.3 is 5.11 Å². The first-order valence-corrected chi connectivity index (χ1v) is 8.68. The molecule has 27 heavy (non-hydrogen) atoms. The highest BCUT2D eigenvalue weighted by atomic mass is 35.5. The number of hydrogen-bond acceptors (Lipinski definition) is 4. The van der Waals surface area contributed by atoms with Crippen LogP contribution in [0.5, 0.6) is 5.75 Å². The zero-order valence-corrected chi connectivity index (χ0v) is 16.0. The minimum atomic E-state index is -0.906. The molecule has 0 saturated carbocycles. The summed E-state index contributed by atoms with van der Waals surface area (Å²) >= 11 is 17.8. The zero-order chi connectivity index (χ0) is 19.9. The number of nitrogens with zero attached hydrogens (tertiary/aromatic N) is 1. The first kappa shape index (κ1) is 19.2. The van der Waals surface area contributed by atoms with Gasteiger partial charge in [-0.2, -0.15) is 0 Å². The SMILES string of the molecule is Cc1c(Cl)cccc1N1C(=O)NC(=O)/C(=C\c2cc(Cl)cc(Cl)c2O)C1=O. The van der Waals surface area contributed by atoms with Gasteiger partial charge in [-0.15, -0.1) is 0 Å². The van der Waals surface area contributed by atoms with Crippen LogP contribution in [0.2, 0.25) is 15.1 Å². The number of rotatable bonds is 2. The number of hydrogen-bond donors (Lipinski definition) is 2. The third-order valence-electron chi connectivity index (χ3n) is 3.94. The fraction of sp³-hybridized carbons (Fsp3) is 0.0556. The molecule has 2 aromatic rings. The van der Waals surface area contributed by atoms with E-state index in [0.717, 1.165) is 11.0 Å². The van der Waals surface area contributed by atoms with E-state index < -0.39 is 17.8 Å². The standard InChI is InChI=1S/C18H11Cl3N2O4/c1-8-12(20)3-2-4-14(8)23-17(26)11(16(25)22-18(23)27)6-9-5-10(19)7-13(21)15(9)24/h2-7,24H,1H3,(H,22,25,27)/b11-6+. The Labute approximate surface area is 168 Å². The summed E-state index contributed by atoms with van der Waals surface area (Å²) in [7, 11) is 0. The van der Waals surface area contributed by atoms with Gasteiger partial charge in [0.05, 0.1) is 10.7 Å². The topological polar surface area (TPSA) is 86.7 Å². The number of urea groups is 1. The highest BCUT2D eigenvalue weighted by Crippen LogP contribution is 2.34. The number of carbonyl (C=O) groups excluding carboxylic acids is 3. The van der Waals surface area contributed by atoms with Gasteiger partial charge in [0.15, 0.2) is 0 Å². The molecule has 138 valence electrons. The van der Waals surface area contributed by atoms with E-state index in [1.54, 1.807) is 19.1 Å². The predicted octanol–water partition coefficient (Wildman–Crippen LogP) is 4.33. The second kappa shape index (κ2) is 7.23. The summed E-state index contributed by atoms with van der Waals surface area (Å²) in [5, 5.41) is 12.7. The molecule has 9 heteroatoms. The Morgan fingerprint density at radius 1 is 1.07 bits per heavy atom. The van der Waals surface area contributed by atoms with Crippen molar-refractivity contribution in [1.82, 2.24) is 5.32 Å². The summed E-state index contributed by atoms with van der Waals surface area (Å²) in [6, 6.07) is 6.46. The number of phenolic OH excluding ortho intramolecular Hbond substituents is 1. The van der Waals surface area contributed by atoms with Crippen LogP contribution in [0.3, 0.4) is 0 Å². The summed E-state index contributed by atoms with van der Waals surface area (Å²) in [6.07, 6.45) is 1.12. The van der Waals surface area contributed by atoms with Crippen molar-refractivity contribution in [2.45, 2.75) is 6.92 Å². The Morgan fingerprint density at radius 3 is 2.48 bits per heavy atom. The molecule has 1 fully saturated rings. The third-order valence-corrected chi connectivity index (χ3v) is 4.85. The molecule has 0 spiro atoms. The van der Waals surface area contributed by atoms with Gasteiger partial charge in [-0.3, -0.25) is 14.9 Å². The van der Waals surface area contributed by atoms with Crippen molar-refractivity contribution in [3.05, 3.63) is 62.1 Å². The molecule has 0 aliphatic carbocycles. The van der Waals surface area contributed by atoms with E-state index >= 15 is 0 Å². The molecule has 0 atom stereocenters. The summed E-state index contributed by atoms with van der Waals surface area (Å²) < 4.78 is 0. The minimum absolute atomic E-state index is 0.0448. The van der Waals surface area contributed by atoms with Crippen LogP contribution in [-0.4, -0.2) is 23.0 Å². The second-order valence-corrected chi connectivity index (χ2v) is 6.92. The van der Waals surface area contributed by atoms with Crippen LogP contribution < -0.4 is 10.2 Å². The largest absolute Gasteiger partial charge is 0.506 e. The van der Waals surface area contributed by atoms with Gasteiger partial charge in [0.1, 0.15) is 11.3 Å². The average Bonchev–Trinajstić information content (AvgIpc) is 2.59. The lowest BCUT2D eigenvalue weighted by molar-refractivity contribution is -0.122. The molecule has 1 aliphatic heterocycles. The van der Waals surface area contributed by atoms with E-state index in [4.69, 9.17) is 34.8 Å². The molecule has 2 N–H and O–H groups in total. The van der Waals surface area contributed by atoms with Gasteiger partial charge in [-0.05, 0) is 42.8 Å². The first-order valence-electron chi connectivity index (χ1n) is 7.55. The number of nitrogens with one attached hydrogen (secondary N) is 1. The fourth-order valence-electron chi connectivity index (χ4n) is 2.57. The van der Waals surface area contributed by atoms with Crippen LogP contribution in [0.4, 0.5) is 10.5 Å². The van der Waals surface area contributed by atoms with Crippen LogP contribution in [0.1, 0.15) is 11.1 Å². The lowest BCUT2D eigenvalue weighted by atomic mass is 10.0. The van der Waals surface area contributed by atoms with Crippen molar-refractivity contribution in [3.8, 4) is 5.75 Å². The fourth-order valence-corrected chi connectivity index (χ4v) is 3.24. The Balaban J connectivity index is 2.12. The van der Waals surface area contributed by atoms with E-state index in [0.29, 0.717) is 10.6 Å². The highest BCUT2D eigenvalue weighted by Gasteiger charge is 2.37. The van der Waals surface area contributed by atoms with Gasteiger partial charge in [-0.1, -0.05) is 40.9 Å². The molecule has 6 nitrogen and oxygen atoms in total. The minimum Gasteiger partial charge on any atom is -0.506 e. The number of barbiturate groups is 1. The summed E-state index contributed by atoms with van der Waals surface area (Å²) in [5.41, 5.74) is 0.410. The number of benzene rings is 2. The first-order chi connectivity index (χ1) is 12.7. The Bertz CT molecular complexity index is 1030. The van der Waals surface area contributed by atoms with E-state index in [1.165, 1.54) is 18.2 Å². The zero-order valence-electron chi connectivity index (χ0n) is 13.7. The van der Waals surface area contributed by atoms with Crippen molar-refractivity contribution in [1.29, 1.82) is 0 Å². The summed E-state index contributed by atoms with van der Waals surface area (Å²) in [6.45, 7) is 1.64. The molecule has 0 unspecified atom stereocenters. The molecule has 1 saturated heterocycles. The van der Waals surface area contributed by atoms with Gasteiger partial charge in [0.2, 0.25) is 0 Å².